The van der Waals surface area contributed by atoms with E-state index in [-0.39, 0.29) is 0 Å². The van der Waals surface area contributed by atoms with Gasteiger partial charge in [-0.15, -0.1) is 0 Å². The second-order valence-electron chi connectivity index (χ2n) is 4.39. The maximum absolute atomic E-state index is 4.56. The van der Waals surface area contributed by atoms with Crippen molar-refractivity contribution in [2.75, 3.05) is 0 Å². The van der Waals surface area contributed by atoms with E-state index in [1.807, 2.05) is 18.3 Å². The third-order valence-electron chi connectivity index (χ3n) is 2.98. The number of nitrogens with zero attached hydrogens (tertiary/aromatic N) is 1. The van der Waals surface area contributed by atoms with Crippen LogP contribution in [0.1, 0.15) is 11.1 Å². The summed E-state index contributed by atoms with van der Waals surface area (Å²) in [6.07, 6.45) is 1.95. The van der Waals surface area contributed by atoms with Gasteiger partial charge in [0.15, 0.2) is 0 Å². The Balaban J connectivity index is 2.01. The molecule has 0 spiro atoms. The predicted octanol–water partition coefficient (Wildman–Crippen LogP) is 3.75. The van der Waals surface area contributed by atoms with E-state index in [9.17, 15) is 0 Å². The van der Waals surface area contributed by atoms with Crippen molar-refractivity contribution in [2.24, 2.45) is 4.99 Å². The van der Waals surface area contributed by atoms with Crippen molar-refractivity contribution in [2.45, 2.75) is 6.92 Å². The van der Waals surface area contributed by atoms with Gasteiger partial charge >= 0.3 is 125 Å². The Hall–Kier alpha value is -1.41. The van der Waals surface area contributed by atoms with Crippen molar-refractivity contribution in [1.82, 2.24) is 0 Å². The van der Waals surface area contributed by atoms with Crippen LogP contribution in [0.25, 0.3) is 10.1 Å². The van der Waals surface area contributed by atoms with E-state index in [4.69, 9.17) is 0 Å². The van der Waals surface area contributed by atoms with Crippen LogP contribution < -0.4 is 3.78 Å². The molecule has 0 aliphatic carbocycles. The number of aryl methyl sites for hydroxylation is 1. The van der Waals surface area contributed by atoms with Crippen molar-refractivity contribution in [1.29, 1.82) is 0 Å². The summed E-state index contributed by atoms with van der Waals surface area (Å²) >= 11 is 4.90. The summed E-state index contributed by atoms with van der Waals surface area (Å²) in [6, 6.07) is 16.7. The molecule has 0 amide bonds. The average Bonchev–Trinajstić information content (AvgIpc) is 2.74. The zero-order chi connectivity index (χ0) is 13.2. The predicted molar refractivity (Wildman–Crippen MR) is 85.6 cm³/mol. The molecular formula is C16H12NSSe. The first-order valence-electron chi connectivity index (χ1n) is 6.03. The van der Waals surface area contributed by atoms with Gasteiger partial charge in [-0.25, -0.2) is 0 Å². The maximum atomic E-state index is 4.56. The standard InChI is InChI=1S/C16H12NSSe/c1-11-6-8-12(9-7-11)17-10-14-13-4-2-3-5-15(13)18-16(14)19/h2-10H,1H3. The molecule has 2 aromatic carbocycles. The quantitative estimate of drug-likeness (QED) is 0.501. The van der Waals surface area contributed by atoms with Gasteiger partial charge in [0, 0.05) is 0 Å². The Bertz CT molecular complexity index is 741. The van der Waals surface area contributed by atoms with Gasteiger partial charge in [0.1, 0.15) is 0 Å². The van der Waals surface area contributed by atoms with Crippen LogP contribution in [0.3, 0.4) is 0 Å². The molecular weight excluding hydrogens is 317 g/mol. The molecule has 0 saturated carbocycles. The van der Waals surface area contributed by atoms with Gasteiger partial charge in [0.05, 0.1) is 0 Å². The number of rotatable bonds is 2. The van der Waals surface area contributed by atoms with E-state index in [0.717, 1.165) is 5.69 Å². The summed E-state index contributed by atoms with van der Waals surface area (Å²) in [4.78, 5) is 4.56. The summed E-state index contributed by atoms with van der Waals surface area (Å²) in [6.45, 7) is 2.08. The Morgan fingerprint density at radius 1 is 1.05 bits per heavy atom. The van der Waals surface area contributed by atoms with Gasteiger partial charge < -0.3 is 0 Å². The molecule has 0 atom stereocenters. The summed E-state index contributed by atoms with van der Waals surface area (Å²) in [5.41, 5.74) is 3.42. The molecule has 0 saturated heterocycles. The van der Waals surface area contributed by atoms with Crippen LogP contribution in [-0.4, -0.2) is 22.2 Å². The van der Waals surface area contributed by atoms with Crippen molar-refractivity contribution in [3.63, 3.8) is 0 Å². The van der Waals surface area contributed by atoms with Crippen LogP contribution in [0.5, 0.6) is 0 Å². The second-order valence-corrected chi connectivity index (χ2v) is 6.89. The second kappa shape index (κ2) is 5.30. The Kier molecular flexibility index (Phi) is 3.52. The molecule has 1 nitrogen and oxygen atoms in total. The molecule has 1 aromatic heterocycles. The molecule has 0 aliphatic heterocycles. The van der Waals surface area contributed by atoms with E-state index in [0.29, 0.717) is 0 Å². The molecule has 3 aromatic rings. The van der Waals surface area contributed by atoms with Crippen LogP contribution >= 0.6 is 11.3 Å². The van der Waals surface area contributed by atoms with Gasteiger partial charge in [0.2, 0.25) is 0 Å². The third-order valence-corrected chi connectivity index (χ3v) is 4.94. The molecule has 0 unspecified atom stereocenters. The molecule has 19 heavy (non-hydrogen) atoms. The minimum atomic E-state index is 0.986. The number of hydrogen-bond acceptors (Lipinski definition) is 2. The third kappa shape index (κ3) is 2.64. The number of benzene rings is 2. The topological polar surface area (TPSA) is 12.4 Å². The fraction of sp³-hybridized carbons (Fsp3) is 0.0625. The average molecular weight is 329 g/mol. The van der Waals surface area contributed by atoms with Crippen LogP contribution in [0.4, 0.5) is 5.69 Å². The molecule has 1 heterocycles. The van der Waals surface area contributed by atoms with E-state index < -0.39 is 0 Å². The van der Waals surface area contributed by atoms with Gasteiger partial charge in [-0.3, -0.25) is 0 Å². The van der Waals surface area contributed by atoms with Crippen molar-refractivity contribution < 1.29 is 0 Å². The van der Waals surface area contributed by atoms with Gasteiger partial charge in [-0.05, 0) is 0 Å². The summed E-state index contributed by atoms with van der Waals surface area (Å²) in [5.74, 6) is 0. The van der Waals surface area contributed by atoms with Crippen molar-refractivity contribution >= 4 is 53.1 Å². The van der Waals surface area contributed by atoms with Gasteiger partial charge in [-0.1, -0.05) is 0 Å². The first-order chi connectivity index (χ1) is 9.24. The number of thiophene rings is 1. The number of aliphatic imine (C=N–C) groups is 1. The number of fused-ring (bicyclic) bond motifs is 1. The fourth-order valence-electron chi connectivity index (χ4n) is 1.94. The van der Waals surface area contributed by atoms with Gasteiger partial charge in [0.25, 0.3) is 0 Å². The van der Waals surface area contributed by atoms with Crippen LogP contribution in [0, 0.1) is 6.92 Å². The Morgan fingerprint density at radius 3 is 2.58 bits per heavy atom. The molecule has 3 heteroatoms. The number of hydrogen-bond donors (Lipinski definition) is 0. The molecule has 1 radical (unpaired) electrons. The molecule has 0 N–H and O–H groups in total. The molecule has 0 bridgehead atoms. The van der Waals surface area contributed by atoms with Crippen LogP contribution in [0.2, 0.25) is 0 Å². The summed E-state index contributed by atoms with van der Waals surface area (Å²) in [7, 11) is 0. The Morgan fingerprint density at radius 2 is 1.79 bits per heavy atom. The monoisotopic (exact) mass is 330 g/mol. The summed E-state index contributed by atoms with van der Waals surface area (Å²) in [5, 5.41) is 1.26. The fourth-order valence-corrected chi connectivity index (χ4v) is 3.75. The van der Waals surface area contributed by atoms with E-state index in [1.165, 1.54) is 25.0 Å². The first kappa shape index (κ1) is 12.6. The summed E-state index contributed by atoms with van der Waals surface area (Å²) < 4.78 is 2.48. The zero-order valence-corrected chi connectivity index (χ0v) is 13.0. The van der Waals surface area contributed by atoms with Gasteiger partial charge in [-0.2, -0.15) is 0 Å². The molecule has 0 aliphatic rings. The first-order valence-corrected chi connectivity index (χ1v) is 7.70. The normalized spacial score (nSPS) is 11.4. The molecule has 93 valence electrons. The van der Waals surface area contributed by atoms with Crippen LogP contribution in [0.15, 0.2) is 53.5 Å². The minimum absolute atomic E-state index is 0.986. The SMILES string of the molecule is Cc1ccc(N=Cc2c([Se])sc3ccccc23)cc1. The van der Waals surface area contributed by atoms with Crippen molar-refractivity contribution in [3.8, 4) is 0 Å². The van der Waals surface area contributed by atoms with E-state index in [2.05, 4.69) is 64.3 Å². The zero-order valence-electron chi connectivity index (χ0n) is 10.5. The van der Waals surface area contributed by atoms with Crippen molar-refractivity contribution in [3.05, 3.63) is 59.7 Å². The Labute approximate surface area is 124 Å². The molecule has 3 rings (SSSR count). The van der Waals surface area contributed by atoms with E-state index in [1.54, 1.807) is 11.3 Å². The van der Waals surface area contributed by atoms with E-state index >= 15 is 0 Å². The van der Waals surface area contributed by atoms with Crippen LogP contribution in [-0.2, 0) is 0 Å². The molecule has 0 fully saturated rings.